The maximum atomic E-state index is 11.5. The van der Waals surface area contributed by atoms with Gasteiger partial charge in [-0.2, -0.15) is 0 Å². The van der Waals surface area contributed by atoms with Crippen molar-refractivity contribution in [1.82, 2.24) is 5.32 Å². The van der Waals surface area contributed by atoms with Crippen LogP contribution in [-0.2, 0) is 16.0 Å². The van der Waals surface area contributed by atoms with Gasteiger partial charge in [0.25, 0.3) is 0 Å². The quantitative estimate of drug-likeness (QED) is 0.147. The van der Waals surface area contributed by atoms with Crippen LogP contribution in [0.3, 0.4) is 0 Å². The smallest absolute Gasteiger partial charge is 0.321 e. The van der Waals surface area contributed by atoms with Gasteiger partial charge in [0.15, 0.2) is 0 Å². The Kier molecular flexibility index (Phi) is 18.5. The maximum absolute atomic E-state index is 11.5. The summed E-state index contributed by atoms with van der Waals surface area (Å²) in [6.07, 6.45) is 18.0. The van der Waals surface area contributed by atoms with Crippen LogP contribution >= 0.6 is 0 Å². The standard InChI is InChI=1S/C28H49NO5/c1-2-3-4-5-6-7-8-9-10-11-12-13-14-15-20-34-23-26(31)22-29-27(28(32)33)21-24-16-18-25(30)19-17-24/h16-19,26-27,29-31H,2-15,20-23H2,1H3,(H,32,33)/t26?,27-/m0/s1. The average Bonchev–Trinajstić information content (AvgIpc) is 2.82. The minimum absolute atomic E-state index is 0.148. The molecule has 0 saturated carbocycles. The van der Waals surface area contributed by atoms with Crippen LogP contribution in [0.5, 0.6) is 5.75 Å². The van der Waals surface area contributed by atoms with E-state index < -0.39 is 18.1 Å². The van der Waals surface area contributed by atoms with Gasteiger partial charge in [-0.25, -0.2) is 0 Å². The highest BCUT2D eigenvalue weighted by molar-refractivity contribution is 5.73. The van der Waals surface area contributed by atoms with E-state index in [1.165, 1.54) is 89.2 Å². The molecule has 0 fully saturated rings. The van der Waals surface area contributed by atoms with Crippen molar-refractivity contribution in [3.8, 4) is 5.75 Å². The summed E-state index contributed by atoms with van der Waals surface area (Å²) in [6.45, 7) is 3.26. The number of phenols is 1. The average molecular weight is 480 g/mol. The first-order chi connectivity index (χ1) is 16.5. The molecule has 196 valence electrons. The summed E-state index contributed by atoms with van der Waals surface area (Å²) in [4.78, 5) is 11.5. The van der Waals surface area contributed by atoms with E-state index in [-0.39, 0.29) is 25.3 Å². The number of phenolic OH excluding ortho intramolecular Hbond substituents is 1. The molecule has 1 aromatic rings. The Balaban J connectivity index is 1.93. The molecular weight excluding hydrogens is 430 g/mol. The third kappa shape index (κ3) is 16.9. The monoisotopic (exact) mass is 479 g/mol. The zero-order chi connectivity index (χ0) is 24.9. The van der Waals surface area contributed by atoms with E-state index in [1.54, 1.807) is 12.1 Å². The molecule has 4 N–H and O–H groups in total. The molecule has 1 unspecified atom stereocenters. The van der Waals surface area contributed by atoms with Crippen molar-refractivity contribution in [3.63, 3.8) is 0 Å². The molecule has 0 bridgehead atoms. The van der Waals surface area contributed by atoms with Gasteiger partial charge in [0.1, 0.15) is 11.8 Å². The molecule has 0 aliphatic rings. The second-order valence-corrected chi connectivity index (χ2v) is 9.49. The summed E-state index contributed by atoms with van der Waals surface area (Å²) in [7, 11) is 0. The van der Waals surface area contributed by atoms with Gasteiger partial charge >= 0.3 is 5.97 Å². The first kappa shape index (κ1) is 30.4. The number of hydrogen-bond donors (Lipinski definition) is 4. The minimum Gasteiger partial charge on any atom is -0.508 e. The number of rotatable bonds is 23. The Bertz CT molecular complexity index is 607. The molecule has 34 heavy (non-hydrogen) atoms. The van der Waals surface area contributed by atoms with Crippen LogP contribution in [0.2, 0.25) is 0 Å². The van der Waals surface area contributed by atoms with E-state index >= 15 is 0 Å². The number of unbranched alkanes of at least 4 members (excludes halogenated alkanes) is 13. The summed E-state index contributed by atoms with van der Waals surface area (Å²) < 4.78 is 5.56. The molecule has 0 spiro atoms. The number of ether oxygens (including phenoxy) is 1. The number of benzene rings is 1. The third-order valence-corrected chi connectivity index (χ3v) is 6.23. The number of carbonyl (C=O) groups is 1. The fraction of sp³-hybridized carbons (Fsp3) is 0.750. The molecule has 0 aliphatic carbocycles. The highest BCUT2D eigenvalue weighted by Gasteiger charge is 2.19. The SMILES string of the molecule is CCCCCCCCCCCCCCCCOCC(O)CN[C@@H](Cc1ccc(O)cc1)C(=O)O. The normalized spacial score (nSPS) is 13.1. The lowest BCUT2D eigenvalue weighted by Gasteiger charge is -2.18. The predicted octanol–water partition coefficient (Wildman–Crippen LogP) is 5.84. The van der Waals surface area contributed by atoms with E-state index in [0.717, 1.165) is 18.4 Å². The largest absolute Gasteiger partial charge is 0.508 e. The molecule has 0 amide bonds. The fourth-order valence-electron chi connectivity index (χ4n) is 4.07. The first-order valence-corrected chi connectivity index (χ1v) is 13.5. The van der Waals surface area contributed by atoms with E-state index in [0.29, 0.717) is 6.61 Å². The first-order valence-electron chi connectivity index (χ1n) is 13.5. The molecule has 1 aromatic carbocycles. The fourth-order valence-corrected chi connectivity index (χ4v) is 4.07. The van der Waals surface area contributed by atoms with Crippen LogP contribution in [0, 0.1) is 0 Å². The van der Waals surface area contributed by atoms with Crippen LogP contribution in [-0.4, -0.2) is 53.2 Å². The summed E-state index contributed by atoms with van der Waals surface area (Å²) in [5.41, 5.74) is 0.807. The minimum atomic E-state index is -0.969. The summed E-state index contributed by atoms with van der Waals surface area (Å²) in [5.74, 6) is -0.821. The van der Waals surface area contributed by atoms with Gasteiger partial charge in [0.2, 0.25) is 0 Å². The van der Waals surface area contributed by atoms with Crippen LogP contribution in [0.1, 0.15) is 102 Å². The third-order valence-electron chi connectivity index (χ3n) is 6.23. The van der Waals surface area contributed by atoms with E-state index in [2.05, 4.69) is 12.2 Å². The van der Waals surface area contributed by atoms with Crippen molar-refractivity contribution in [3.05, 3.63) is 29.8 Å². The van der Waals surface area contributed by atoms with Crippen molar-refractivity contribution in [1.29, 1.82) is 0 Å². The van der Waals surface area contributed by atoms with E-state index in [9.17, 15) is 20.1 Å². The van der Waals surface area contributed by atoms with Gasteiger partial charge in [-0.15, -0.1) is 0 Å². The molecule has 6 heteroatoms. The van der Waals surface area contributed by atoms with Crippen molar-refractivity contribution in [2.75, 3.05) is 19.8 Å². The highest BCUT2D eigenvalue weighted by Crippen LogP contribution is 2.13. The molecule has 2 atom stereocenters. The van der Waals surface area contributed by atoms with Gasteiger partial charge in [0.05, 0.1) is 12.7 Å². The topological polar surface area (TPSA) is 99.0 Å². The maximum Gasteiger partial charge on any atom is 0.321 e. The second-order valence-electron chi connectivity index (χ2n) is 9.49. The Morgan fingerprint density at radius 1 is 0.853 bits per heavy atom. The van der Waals surface area contributed by atoms with Gasteiger partial charge in [-0.05, 0) is 30.5 Å². The molecular formula is C28H49NO5. The van der Waals surface area contributed by atoms with E-state index in [1.807, 2.05) is 0 Å². The zero-order valence-electron chi connectivity index (χ0n) is 21.4. The number of aliphatic hydroxyl groups is 1. The van der Waals surface area contributed by atoms with Crippen molar-refractivity contribution in [2.45, 2.75) is 115 Å². The molecule has 0 aromatic heterocycles. The molecule has 0 radical (unpaired) electrons. The Morgan fingerprint density at radius 2 is 1.35 bits per heavy atom. The van der Waals surface area contributed by atoms with Crippen LogP contribution in [0.25, 0.3) is 0 Å². The van der Waals surface area contributed by atoms with Crippen LogP contribution < -0.4 is 5.32 Å². The van der Waals surface area contributed by atoms with Gasteiger partial charge in [0, 0.05) is 13.2 Å². The molecule has 1 rings (SSSR count). The number of aliphatic hydroxyl groups excluding tert-OH is 1. The number of aromatic hydroxyl groups is 1. The molecule has 6 nitrogen and oxygen atoms in total. The highest BCUT2D eigenvalue weighted by atomic mass is 16.5. The van der Waals surface area contributed by atoms with Gasteiger partial charge < -0.3 is 25.4 Å². The zero-order valence-corrected chi connectivity index (χ0v) is 21.4. The lowest BCUT2D eigenvalue weighted by Crippen LogP contribution is -2.43. The summed E-state index contributed by atoms with van der Waals surface area (Å²) in [5, 5.41) is 31.7. The second kappa shape index (κ2) is 20.7. The van der Waals surface area contributed by atoms with Crippen LogP contribution in [0.15, 0.2) is 24.3 Å². The van der Waals surface area contributed by atoms with Gasteiger partial charge in [-0.3, -0.25) is 4.79 Å². The Morgan fingerprint density at radius 3 is 1.85 bits per heavy atom. The van der Waals surface area contributed by atoms with Crippen molar-refractivity contribution in [2.24, 2.45) is 0 Å². The number of aliphatic carboxylic acids is 1. The Hall–Kier alpha value is -1.63. The van der Waals surface area contributed by atoms with Gasteiger partial charge in [-0.1, -0.05) is 103 Å². The number of carboxylic acids is 1. The Labute approximate surface area is 207 Å². The number of carboxylic acid groups (broad SMARTS) is 1. The lowest BCUT2D eigenvalue weighted by molar-refractivity contribution is -0.139. The van der Waals surface area contributed by atoms with Crippen molar-refractivity contribution < 1.29 is 24.9 Å². The number of nitrogens with one attached hydrogen (secondary N) is 1. The predicted molar refractivity (Wildman–Crippen MR) is 138 cm³/mol. The molecule has 0 heterocycles. The molecule has 0 saturated heterocycles. The summed E-state index contributed by atoms with van der Waals surface area (Å²) >= 11 is 0. The summed E-state index contributed by atoms with van der Waals surface area (Å²) in [6, 6.07) is 5.67. The van der Waals surface area contributed by atoms with E-state index in [4.69, 9.17) is 4.74 Å². The number of hydrogen-bond acceptors (Lipinski definition) is 5. The van der Waals surface area contributed by atoms with Crippen LogP contribution in [0.4, 0.5) is 0 Å². The lowest BCUT2D eigenvalue weighted by atomic mass is 10.0. The molecule has 0 aliphatic heterocycles. The van der Waals surface area contributed by atoms with Crippen molar-refractivity contribution >= 4 is 5.97 Å².